The van der Waals surface area contributed by atoms with Gasteiger partial charge in [-0.25, -0.2) is 9.59 Å². The molecule has 2 aromatic rings. The number of carbonyl (C=O) groups is 2. The fraction of sp³-hybridized carbons (Fsp3) is 0.250. The van der Waals surface area contributed by atoms with Crippen molar-refractivity contribution in [1.29, 1.82) is 0 Å². The SMILES string of the molecule is CO/N=C/C(F)(F)[C@H](OC(=O)c1ccccc1)C(O)COC(=O)c1ccccc1. The molecule has 29 heavy (non-hydrogen) atoms. The number of nitrogens with zero attached hydrogens (tertiary/aromatic N) is 1. The molecule has 0 spiro atoms. The summed E-state index contributed by atoms with van der Waals surface area (Å²) in [7, 11) is 1.05. The number of benzene rings is 2. The fourth-order valence-electron chi connectivity index (χ4n) is 2.27. The number of ether oxygens (including phenoxy) is 2. The van der Waals surface area contributed by atoms with E-state index >= 15 is 0 Å². The van der Waals surface area contributed by atoms with Gasteiger partial charge in [-0.3, -0.25) is 0 Å². The monoisotopic (exact) mass is 407 g/mol. The van der Waals surface area contributed by atoms with Crippen LogP contribution in [0.25, 0.3) is 0 Å². The van der Waals surface area contributed by atoms with Crippen molar-refractivity contribution in [1.82, 2.24) is 0 Å². The molecule has 1 unspecified atom stereocenters. The molecule has 0 aliphatic rings. The molecule has 0 radical (unpaired) electrons. The summed E-state index contributed by atoms with van der Waals surface area (Å²) >= 11 is 0. The predicted octanol–water partition coefficient (Wildman–Crippen LogP) is 2.70. The van der Waals surface area contributed by atoms with Crippen LogP contribution in [0.15, 0.2) is 65.8 Å². The minimum atomic E-state index is -3.90. The van der Waals surface area contributed by atoms with Crippen molar-refractivity contribution in [2.45, 2.75) is 18.1 Å². The molecule has 2 aromatic carbocycles. The molecule has 0 aliphatic carbocycles. The number of alkyl halides is 2. The molecule has 7 nitrogen and oxygen atoms in total. The highest BCUT2D eigenvalue weighted by Gasteiger charge is 2.47. The van der Waals surface area contributed by atoms with Gasteiger partial charge < -0.3 is 19.4 Å². The first-order valence-electron chi connectivity index (χ1n) is 8.47. The van der Waals surface area contributed by atoms with Gasteiger partial charge in [0.1, 0.15) is 26.0 Å². The highest BCUT2D eigenvalue weighted by molar-refractivity contribution is 5.90. The first-order valence-corrected chi connectivity index (χ1v) is 8.47. The Morgan fingerprint density at radius 2 is 1.55 bits per heavy atom. The van der Waals surface area contributed by atoms with Gasteiger partial charge in [0.05, 0.1) is 11.1 Å². The number of hydrogen-bond acceptors (Lipinski definition) is 7. The molecule has 0 amide bonds. The highest BCUT2D eigenvalue weighted by Crippen LogP contribution is 2.24. The van der Waals surface area contributed by atoms with Gasteiger partial charge in [-0.15, -0.1) is 0 Å². The average molecular weight is 407 g/mol. The molecule has 2 rings (SSSR count). The van der Waals surface area contributed by atoms with Crippen molar-refractivity contribution >= 4 is 18.2 Å². The smallest absolute Gasteiger partial charge is 0.338 e. The number of esters is 2. The van der Waals surface area contributed by atoms with E-state index in [0.29, 0.717) is 0 Å². The molecule has 0 heterocycles. The summed E-state index contributed by atoms with van der Waals surface area (Å²) in [5.41, 5.74) is 0.177. The molecule has 0 bridgehead atoms. The van der Waals surface area contributed by atoms with Crippen LogP contribution in [0.2, 0.25) is 0 Å². The Morgan fingerprint density at radius 3 is 2.07 bits per heavy atom. The summed E-state index contributed by atoms with van der Waals surface area (Å²) < 4.78 is 38.6. The van der Waals surface area contributed by atoms with Crippen molar-refractivity contribution in [3.63, 3.8) is 0 Å². The van der Waals surface area contributed by atoms with Gasteiger partial charge >= 0.3 is 17.9 Å². The summed E-state index contributed by atoms with van der Waals surface area (Å²) in [6.07, 6.45) is -4.32. The summed E-state index contributed by atoms with van der Waals surface area (Å²) in [5, 5.41) is 13.2. The number of rotatable bonds is 9. The number of aliphatic hydroxyl groups is 1. The average Bonchev–Trinajstić information content (AvgIpc) is 2.75. The van der Waals surface area contributed by atoms with E-state index in [0.717, 1.165) is 7.11 Å². The first kappa shape index (κ1) is 22.0. The normalized spacial score (nSPS) is 13.5. The minimum absolute atomic E-state index is 0.00506. The second-order valence-corrected chi connectivity index (χ2v) is 5.82. The van der Waals surface area contributed by atoms with E-state index in [1.165, 1.54) is 36.4 Å². The number of aliphatic hydroxyl groups excluding tert-OH is 1. The lowest BCUT2D eigenvalue weighted by atomic mass is 10.1. The van der Waals surface area contributed by atoms with E-state index in [2.05, 4.69) is 9.99 Å². The predicted molar refractivity (Wildman–Crippen MR) is 98.8 cm³/mol. The molecule has 0 aromatic heterocycles. The quantitative estimate of drug-likeness (QED) is 0.390. The number of carbonyl (C=O) groups excluding carboxylic acids is 2. The molecule has 154 valence electrons. The van der Waals surface area contributed by atoms with Gasteiger partial charge in [0.25, 0.3) is 0 Å². The third kappa shape index (κ3) is 6.35. The van der Waals surface area contributed by atoms with Crippen LogP contribution in [0.4, 0.5) is 8.78 Å². The molecule has 1 N–H and O–H groups in total. The summed E-state index contributed by atoms with van der Waals surface area (Å²) in [6.45, 7) is -0.836. The maximum Gasteiger partial charge on any atom is 0.338 e. The standard InChI is InChI=1S/C20H19F2NO6/c1-27-23-13-20(21,22)17(29-19(26)15-10-6-3-7-11-15)16(24)12-28-18(25)14-8-4-2-5-9-14/h2-11,13,16-17,24H,12H2,1H3/b23-13+/t16?,17-/m1/s1. The van der Waals surface area contributed by atoms with E-state index in [9.17, 15) is 23.5 Å². The Kier molecular flexibility index (Phi) is 7.79. The van der Waals surface area contributed by atoms with Crippen LogP contribution in [0, 0.1) is 0 Å². The molecule has 9 heteroatoms. The van der Waals surface area contributed by atoms with Gasteiger partial charge in [0.15, 0.2) is 6.10 Å². The largest absolute Gasteiger partial charge is 0.459 e. The van der Waals surface area contributed by atoms with Crippen molar-refractivity contribution in [3.8, 4) is 0 Å². The Bertz CT molecular complexity index is 829. The van der Waals surface area contributed by atoms with Gasteiger partial charge in [-0.05, 0) is 24.3 Å². The van der Waals surface area contributed by atoms with E-state index in [4.69, 9.17) is 9.47 Å². The van der Waals surface area contributed by atoms with Crippen LogP contribution in [0.5, 0.6) is 0 Å². The first-order chi connectivity index (χ1) is 13.8. The van der Waals surface area contributed by atoms with Crippen LogP contribution in [0.1, 0.15) is 20.7 Å². The van der Waals surface area contributed by atoms with Crippen molar-refractivity contribution < 1.29 is 37.8 Å². The second-order valence-electron chi connectivity index (χ2n) is 5.82. The zero-order valence-electron chi connectivity index (χ0n) is 15.4. The second kappa shape index (κ2) is 10.3. The lowest BCUT2D eigenvalue weighted by molar-refractivity contribution is -0.127. The van der Waals surface area contributed by atoms with Crippen molar-refractivity contribution in [2.24, 2.45) is 5.16 Å². The van der Waals surface area contributed by atoms with Gasteiger partial charge in [-0.1, -0.05) is 41.6 Å². The van der Waals surface area contributed by atoms with Crippen LogP contribution in [-0.2, 0) is 14.3 Å². The highest BCUT2D eigenvalue weighted by atomic mass is 19.3. The van der Waals surface area contributed by atoms with Crippen LogP contribution in [-0.4, -0.2) is 55.1 Å². The van der Waals surface area contributed by atoms with Crippen LogP contribution < -0.4 is 0 Å². The number of hydrogen-bond donors (Lipinski definition) is 1. The van der Waals surface area contributed by atoms with Crippen molar-refractivity contribution in [2.75, 3.05) is 13.7 Å². The Labute approximate surface area is 165 Å². The van der Waals surface area contributed by atoms with E-state index < -0.39 is 36.7 Å². The molecule has 0 fully saturated rings. The van der Waals surface area contributed by atoms with E-state index in [-0.39, 0.29) is 17.3 Å². The minimum Gasteiger partial charge on any atom is -0.459 e. The summed E-state index contributed by atoms with van der Waals surface area (Å²) in [6, 6.07) is 15.2. The molecule has 0 aliphatic heterocycles. The fourth-order valence-corrected chi connectivity index (χ4v) is 2.27. The maximum atomic E-state index is 14.4. The third-order valence-corrected chi connectivity index (χ3v) is 3.70. The zero-order valence-corrected chi connectivity index (χ0v) is 15.4. The molecular weight excluding hydrogens is 388 g/mol. The topological polar surface area (TPSA) is 94.4 Å². The maximum absolute atomic E-state index is 14.4. The third-order valence-electron chi connectivity index (χ3n) is 3.70. The number of oxime groups is 1. The Hall–Kier alpha value is -3.33. The van der Waals surface area contributed by atoms with E-state index in [1.807, 2.05) is 0 Å². The lowest BCUT2D eigenvalue weighted by Crippen LogP contribution is -2.49. The molecule has 2 atom stereocenters. The Morgan fingerprint density at radius 1 is 1.03 bits per heavy atom. The molecule has 0 saturated heterocycles. The number of halogens is 2. The van der Waals surface area contributed by atoms with Crippen LogP contribution >= 0.6 is 0 Å². The van der Waals surface area contributed by atoms with Crippen molar-refractivity contribution in [3.05, 3.63) is 71.8 Å². The zero-order chi connectivity index (χ0) is 21.3. The summed E-state index contributed by atoms with van der Waals surface area (Å²) in [5.74, 6) is -5.82. The molecular formula is C20H19F2NO6. The van der Waals surface area contributed by atoms with Gasteiger partial charge in [0, 0.05) is 0 Å². The van der Waals surface area contributed by atoms with Gasteiger partial charge in [-0.2, -0.15) is 8.78 Å². The summed E-state index contributed by atoms with van der Waals surface area (Å²) in [4.78, 5) is 28.4. The Balaban J connectivity index is 2.14. The van der Waals surface area contributed by atoms with E-state index in [1.54, 1.807) is 24.3 Å². The van der Waals surface area contributed by atoms with Gasteiger partial charge in [0.2, 0.25) is 0 Å². The lowest BCUT2D eigenvalue weighted by Gasteiger charge is -2.27. The van der Waals surface area contributed by atoms with Crippen LogP contribution in [0.3, 0.4) is 0 Å². The molecule has 0 saturated carbocycles.